The van der Waals surface area contributed by atoms with Gasteiger partial charge in [-0.1, -0.05) is 18.2 Å². The molecule has 0 saturated carbocycles. The number of ether oxygens (including phenoxy) is 2. The summed E-state index contributed by atoms with van der Waals surface area (Å²) >= 11 is 2.31. The van der Waals surface area contributed by atoms with Gasteiger partial charge in [-0.2, -0.15) is 0 Å². The number of rotatable bonds is 5. The number of nitrogens with zero attached hydrogens (tertiary/aromatic N) is 1. The first-order chi connectivity index (χ1) is 13.8. The number of carbonyl (C=O) groups excluding carboxylic acids is 1. The smallest absolute Gasteiger partial charge is 0.312 e. The van der Waals surface area contributed by atoms with Gasteiger partial charge in [-0.05, 0) is 97.2 Å². The van der Waals surface area contributed by atoms with Gasteiger partial charge in [0.2, 0.25) is 0 Å². The van der Waals surface area contributed by atoms with Gasteiger partial charge in [0.15, 0.2) is 0 Å². The number of esters is 1. The molecule has 154 valence electrons. The number of carbonyl (C=O) groups is 1. The number of benzene rings is 2. The van der Waals surface area contributed by atoms with E-state index in [9.17, 15) is 4.79 Å². The van der Waals surface area contributed by atoms with E-state index >= 15 is 0 Å². The van der Waals surface area contributed by atoms with E-state index in [-0.39, 0.29) is 11.9 Å². The summed E-state index contributed by atoms with van der Waals surface area (Å²) < 4.78 is 12.8. The quantitative estimate of drug-likeness (QED) is 0.417. The maximum Gasteiger partial charge on any atom is 0.312 e. The van der Waals surface area contributed by atoms with Crippen LogP contribution in [0.5, 0.6) is 5.75 Å². The van der Waals surface area contributed by atoms with Crippen LogP contribution in [0.25, 0.3) is 0 Å². The van der Waals surface area contributed by atoms with Crippen molar-refractivity contribution in [2.75, 3.05) is 13.1 Å². The van der Waals surface area contributed by atoms with Crippen molar-refractivity contribution in [3.8, 4) is 5.75 Å². The Morgan fingerprint density at radius 3 is 2.55 bits per heavy atom. The molecule has 2 aromatic carbocycles. The van der Waals surface area contributed by atoms with Crippen molar-refractivity contribution in [2.45, 2.75) is 51.9 Å². The van der Waals surface area contributed by atoms with Crippen LogP contribution in [0.15, 0.2) is 42.5 Å². The fraction of sp³-hybridized carbons (Fsp3) is 0.458. The Kier molecular flexibility index (Phi) is 5.89. The molecule has 1 atom stereocenters. The lowest BCUT2D eigenvalue weighted by atomic mass is 9.95. The first kappa shape index (κ1) is 20.7. The molecular weight excluding hydrogens is 477 g/mol. The summed E-state index contributed by atoms with van der Waals surface area (Å²) in [4.78, 5) is 14.6. The lowest BCUT2D eigenvalue weighted by Gasteiger charge is -2.42. The van der Waals surface area contributed by atoms with Crippen molar-refractivity contribution >= 4 is 28.6 Å². The van der Waals surface area contributed by atoms with Crippen LogP contribution < -0.4 is 4.74 Å². The van der Waals surface area contributed by atoms with Gasteiger partial charge in [-0.3, -0.25) is 9.69 Å². The molecule has 29 heavy (non-hydrogen) atoms. The largest absolute Gasteiger partial charge is 0.489 e. The molecule has 1 saturated heterocycles. The monoisotopic (exact) mass is 505 g/mol. The van der Waals surface area contributed by atoms with E-state index in [1.165, 1.54) is 20.3 Å². The maximum atomic E-state index is 12.2. The number of hydrogen-bond donors (Lipinski definition) is 0. The SMILES string of the molecule is CC(C)(C)OC(=O)C1CN(C2CCc3cc(OCc4ccc(I)cc4)ccc32)C1. The zero-order valence-corrected chi connectivity index (χ0v) is 19.4. The van der Waals surface area contributed by atoms with Gasteiger partial charge in [-0.15, -0.1) is 0 Å². The van der Waals surface area contributed by atoms with E-state index in [1.807, 2.05) is 20.8 Å². The Balaban J connectivity index is 1.33. The Morgan fingerprint density at radius 2 is 1.86 bits per heavy atom. The first-order valence-electron chi connectivity index (χ1n) is 10.3. The number of fused-ring (bicyclic) bond motifs is 1. The number of aryl methyl sites for hydroxylation is 1. The van der Waals surface area contributed by atoms with Crippen molar-refractivity contribution in [1.29, 1.82) is 0 Å². The number of likely N-dealkylation sites (tertiary alicyclic amines) is 1. The normalized spacial score (nSPS) is 19.5. The molecule has 1 aliphatic carbocycles. The van der Waals surface area contributed by atoms with Gasteiger partial charge in [0.25, 0.3) is 0 Å². The highest BCUT2D eigenvalue weighted by atomic mass is 127. The summed E-state index contributed by atoms with van der Waals surface area (Å²) in [6.07, 6.45) is 2.17. The zero-order valence-electron chi connectivity index (χ0n) is 17.3. The molecule has 4 nitrogen and oxygen atoms in total. The second-order valence-electron chi connectivity index (χ2n) is 9.01. The first-order valence-corrected chi connectivity index (χ1v) is 11.3. The summed E-state index contributed by atoms with van der Waals surface area (Å²) in [5.41, 5.74) is 3.52. The topological polar surface area (TPSA) is 38.8 Å². The summed E-state index contributed by atoms with van der Waals surface area (Å²) in [6, 6.07) is 15.3. The van der Waals surface area contributed by atoms with Crippen LogP contribution in [-0.4, -0.2) is 29.6 Å². The van der Waals surface area contributed by atoms with Gasteiger partial charge in [0.1, 0.15) is 18.0 Å². The van der Waals surface area contributed by atoms with Crippen LogP contribution in [0.2, 0.25) is 0 Å². The second kappa shape index (κ2) is 8.26. The van der Waals surface area contributed by atoms with Crippen LogP contribution in [0, 0.1) is 9.49 Å². The Morgan fingerprint density at radius 1 is 1.14 bits per heavy atom. The Hall–Kier alpha value is -1.60. The average Bonchev–Trinajstić information content (AvgIpc) is 3.01. The van der Waals surface area contributed by atoms with Gasteiger partial charge in [0.05, 0.1) is 5.92 Å². The minimum atomic E-state index is -0.411. The third-order valence-corrected chi connectivity index (χ3v) is 6.29. The summed E-state index contributed by atoms with van der Waals surface area (Å²) in [6.45, 7) is 7.95. The molecular formula is C24H28INO3. The minimum absolute atomic E-state index is 0.00909. The molecule has 1 unspecified atom stereocenters. The Bertz CT molecular complexity index is 882. The molecule has 1 heterocycles. The summed E-state index contributed by atoms with van der Waals surface area (Å²) in [5, 5.41) is 0. The van der Waals surface area contributed by atoms with Crippen molar-refractivity contribution in [3.05, 3.63) is 62.7 Å². The van der Waals surface area contributed by atoms with Crippen molar-refractivity contribution < 1.29 is 14.3 Å². The molecule has 4 rings (SSSR count). The van der Waals surface area contributed by atoms with Crippen molar-refractivity contribution in [3.63, 3.8) is 0 Å². The van der Waals surface area contributed by atoms with E-state index in [1.54, 1.807) is 0 Å². The highest BCUT2D eigenvalue weighted by Crippen LogP contribution is 2.41. The van der Waals surface area contributed by atoms with Gasteiger partial charge < -0.3 is 9.47 Å². The Labute approximate surface area is 186 Å². The lowest BCUT2D eigenvalue weighted by Crippen LogP contribution is -2.52. The van der Waals surface area contributed by atoms with Crippen LogP contribution in [-0.2, 0) is 22.6 Å². The fourth-order valence-corrected chi connectivity index (χ4v) is 4.45. The van der Waals surface area contributed by atoms with E-state index < -0.39 is 5.60 Å². The minimum Gasteiger partial charge on any atom is -0.489 e. The van der Waals surface area contributed by atoms with Crippen LogP contribution >= 0.6 is 22.6 Å². The maximum absolute atomic E-state index is 12.2. The lowest BCUT2D eigenvalue weighted by molar-refractivity contribution is -0.167. The molecule has 2 aliphatic rings. The van der Waals surface area contributed by atoms with Crippen LogP contribution in [0.1, 0.15) is 49.9 Å². The molecule has 0 bridgehead atoms. The highest BCUT2D eigenvalue weighted by molar-refractivity contribution is 14.1. The molecule has 5 heteroatoms. The summed E-state index contributed by atoms with van der Waals surface area (Å²) in [7, 11) is 0. The van der Waals surface area contributed by atoms with Gasteiger partial charge in [0, 0.05) is 22.7 Å². The number of hydrogen-bond acceptors (Lipinski definition) is 4. The second-order valence-corrected chi connectivity index (χ2v) is 10.3. The van der Waals surface area contributed by atoms with E-state index in [0.717, 1.165) is 31.7 Å². The molecule has 1 aliphatic heterocycles. The third kappa shape index (κ3) is 4.94. The predicted octanol–water partition coefficient (Wildman–Crippen LogP) is 5.13. The van der Waals surface area contributed by atoms with Gasteiger partial charge >= 0.3 is 5.97 Å². The van der Waals surface area contributed by atoms with Crippen molar-refractivity contribution in [1.82, 2.24) is 4.90 Å². The molecule has 2 aromatic rings. The van der Waals surface area contributed by atoms with Crippen LogP contribution in [0.3, 0.4) is 0 Å². The standard InChI is InChI=1S/C24H28INO3/c1-24(2,3)29-23(27)18-13-26(14-18)22-11-6-17-12-20(9-10-21(17)22)28-15-16-4-7-19(25)8-5-16/h4-5,7-10,12,18,22H,6,11,13-15H2,1-3H3. The highest BCUT2D eigenvalue weighted by Gasteiger charge is 2.41. The van der Waals surface area contributed by atoms with Crippen LogP contribution in [0.4, 0.5) is 0 Å². The molecule has 0 aromatic heterocycles. The molecule has 0 amide bonds. The zero-order chi connectivity index (χ0) is 20.6. The molecule has 0 N–H and O–H groups in total. The molecule has 0 spiro atoms. The average molecular weight is 505 g/mol. The van der Waals surface area contributed by atoms with Crippen molar-refractivity contribution in [2.24, 2.45) is 5.92 Å². The number of halogens is 1. The van der Waals surface area contributed by atoms with E-state index in [2.05, 4.69) is 70.0 Å². The molecule has 1 fully saturated rings. The third-order valence-electron chi connectivity index (χ3n) is 5.57. The van der Waals surface area contributed by atoms with E-state index in [0.29, 0.717) is 12.6 Å². The summed E-state index contributed by atoms with van der Waals surface area (Å²) in [5.74, 6) is 0.874. The fourth-order valence-electron chi connectivity index (χ4n) is 4.09. The van der Waals surface area contributed by atoms with E-state index in [4.69, 9.17) is 9.47 Å². The molecule has 0 radical (unpaired) electrons. The predicted molar refractivity (Wildman–Crippen MR) is 122 cm³/mol. The van der Waals surface area contributed by atoms with Gasteiger partial charge in [-0.25, -0.2) is 0 Å².